The number of anilines is 1. The number of hydrogen-bond acceptors (Lipinski definition) is 5. The Balaban J connectivity index is 1.58. The lowest BCUT2D eigenvalue weighted by molar-refractivity contribution is 0.0997. The van der Waals surface area contributed by atoms with Crippen molar-refractivity contribution in [2.24, 2.45) is 4.99 Å². The van der Waals surface area contributed by atoms with Crippen molar-refractivity contribution in [3.63, 3.8) is 0 Å². The molecule has 33 heavy (non-hydrogen) atoms. The maximum atomic E-state index is 12.8. The zero-order valence-electron chi connectivity index (χ0n) is 17.6. The van der Waals surface area contributed by atoms with Gasteiger partial charge in [0.1, 0.15) is 0 Å². The molecular weight excluding hydrogens is 482 g/mol. The van der Waals surface area contributed by atoms with E-state index in [1.165, 1.54) is 47.7 Å². The van der Waals surface area contributed by atoms with Gasteiger partial charge in [-0.1, -0.05) is 35.1 Å². The second-order valence-electron chi connectivity index (χ2n) is 7.05. The first-order chi connectivity index (χ1) is 15.9. The van der Waals surface area contributed by atoms with E-state index in [1.807, 2.05) is 28.8 Å². The Bertz CT molecular complexity index is 1460. The summed E-state index contributed by atoms with van der Waals surface area (Å²) in [4.78, 5) is 17.8. The SMILES string of the molecule is COCCn1c(=NC(=O)c2ccc(NS(=O)(=O)c3ccc(Cl)cc3)cc2)sc2ccccc21. The number of nitrogens with zero attached hydrogens (tertiary/aromatic N) is 2. The fraction of sp³-hybridized carbons (Fsp3) is 0.130. The van der Waals surface area contributed by atoms with Crippen LogP contribution in [-0.2, 0) is 21.3 Å². The van der Waals surface area contributed by atoms with Crippen molar-refractivity contribution in [3.05, 3.63) is 88.2 Å². The van der Waals surface area contributed by atoms with Gasteiger partial charge in [0.15, 0.2) is 4.80 Å². The summed E-state index contributed by atoms with van der Waals surface area (Å²) >= 11 is 7.25. The van der Waals surface area contributed by atoms with Crippen LogP contribution in [0.1, 0.15) is 10.4 Å². The van der Waals surface area contributed by atoms with Gasteiger partial charge >= 0.3 is 0 Å². The number of nitrogens with one attached hydrogen (secondary N) is 1. The Kier molecular flexibility index (Phi) is 6.94. The summed E-state index contributed by atoms with van der Waals surface area (Å²) in [5, 5.41) is 0.447. The smallest absolute Gasteiger partial charge is 0.279 e. The van der Waals surface area contributed by atoms with Crippen LogP contribution in [0.4, 0.5) is 5.69 Å². The van der Waals surface area contributed by atoms with E-state index in [9.17, 15) is 13.2 Å². The number of carbonyl (C=O) groups excluding carboxylic acids is 1. The minimum absolute atomic E-state index is 0.0902. The normalized spacial score (nSPS) is 12.2. The van der Waals surface area contributed by atoms with Gasteiger partial charge in [0.05, 0.1) is 21.7 Å². The molecule has 0 saturated carbocycles. The number of carbonyl (C=O) groups is 1. The first kappa shape index (κ1) is 23.2. The molecule has 0 spiro atoms. The molecule has 0 atom stereocenters. The van der Waals surface area contributed by atoms with Gasteiger partial charge in [-0.2, -0.15) is 4.99 Å². The number of amides is 1. The maximum Gasteiger partial charge on any atom is 0.279 e. The van der Waals surface area contributed by atoms with E-state index in [0.717, 1.165) is 10.2 Å². The molecule has 1 amide bonds. The van der Waals surface area contributed by atoms with Crippen molar-refractivity contribution in [1.82, 2.24) is 4.57 Å². The van der Waals surface area contributed by atoms with Crippen LogP contribution < -0.4 is 9.52 Å². The molecule has 1 N–H and O–H groups in total. The van der Waals surface area contributed by atoms with Crippen molar-refractivity contribution >= 4 is 54.8 Å². The molecule has 0 fully saturated rings. The van der Waals surface area contributed by atoms with E-state index in [2.05, 4.69) is 9.71 Å². The van der Waals surface area contributed by atoms with Gasteiger partial charge in [0.2, 0.25) is 0 Å². The Hall–Kier alpha value is -2.98. The molecule has 4 aromatic rings. The molecule has 7 nitrogen and oxygen atoms in total. The fourth-order valence-corrected chi connectivity index (χ4v) is 5.40. The monoisotopic (exact) mass is 501 g/mol. The topological polar surface area (TPSA) is 89.8 Å². The highest BCUT2D eigenvalue weighted by Gasteiger charge is 2.15. The minimum atomic E-state index is -3.77. The number of rotatable bonds is 7. The first-order valence-electron chi connectivity index (χ1n) is 9.92. The van der Waals surface area contributed by atoms with Gasteiger partial charge in [-0.25, -0.2) is 8.42 Å². The number of halogens is 1. The molecule has 10 heteroatoms. The van der Waals surface area contributed by atoms with Crippen LogP contribution in [0.25, 0.3) is 10.2 Å². The average Bonchev–Trinajstić information content (AvgIpc) is 3.15. The molecule has 3 aromatic carbocycles. The number of benzene rings is 3. The number of thiazole rings is 1. The predicted octanol–water partition coefficient (Wildman–Crippen LogP) is 4.54. The minimum Gasteiger partial charge on any atom is -0.383 e. The Morgan fingerprint density at radius 2 is 1.76 bits per heavy atom. The lowest BCUT2D eigenvalue weighted by Gasteiger charge is -2.08. The van der Waals surface area contributed by atoms with Crippen LogP contribution >= 0.6 is 22.9 Å². The van der Waals surface area contributed by atoms with Crippen LogP contribution in [0.3, 0.4) is 0 Å². The largest absolute Gasteiger partial charge is 0.383 e. The van der Waals surface area contributed by atoms with Crippen LogP contribution in [0.2, 0.25) is 5.02 Å². The van der Waals surface area contributed by atoms with Gasteiger partial charge < -0.3 is 9.30 Å². The molecular formula is C23H20ClN3O4S2. The summed E-state index contributed by atoms with van der Waals surface area (Å²) in [6, 6.07) is 19.8. The number of methoxy groups -OCH3 is 1. The van der Waals surface area contributed by atoms with E-state index < -0.39 is 15.9 Å². The van der Waals surface area contributed by atoms with E-state index >= 15 is 0 Å². The van der Waals surface area contributed by atoms with Crippen molar-refractivity contribution in [2.75, 3.05) is 18.4 Å². The zero-order chi connectivity index (χ0) is 23.4. The number of fused-ring (bicyclic) bond motifs is 1. The highest BCUT2D eigenvalue weighted by atomic mass is 35.5. The summed E-state index contributed by atoms with van der Waals surface area (Å²) < 4.78 is 35.7. The Labute approximate surface area is 200 Å². The first-order valence-corrected chi connectivity index (χ1v) is 12.6. The third-order valence-electron chi connectivity index (χ3n) is 4.81. The van der Waals surface area contributed by atoms with Crippen LogP contribution in [0, 0.1) is 0 Å². The highest BCUT2D eigenvalue weighted by molar-refractivity contribution is 7.92. The second-order valence-corrected chi connectivity index (χ2v) is 10.2. The van der Waals surface area contributed by atoms with Crippen LogP contribution in [0.5, 0.6) is 0 Å². The van der Waals surface area contributed by atoms with Crippen LogP contribution in [0.15, 0.2) is 82.7 Å². The second kappa shape index (κ2) is 9.88. The molecule has 1 aromatic heterocycles. The number of ether oxygens (including phenoxy) is 1. The molecule has 0 bridgehead atoms. The fourth-order valence-electron chi connectivity index (χ4n) is 3.16. The lowest BCUT2D eigenvalue weighted by Crippen LogP contribution is -2.19. The Morgan fingerprint density at radius 1 is 1.06 bits per heavy atom. The van der Waals surface area contributed by atoms with Gasteiger partial charge in [0.25, 0.3) is 15.9 Å². The van der Waals surface area contributed by atoms with E-state index in [0.29, 0.717) is 34.2 Å². The molecule has 4 rings (SSSR count). The van der Waals surface area contributed by atoms with Gasteiger partial charge in [-0.15, -0.1) is 0 Å². The van der Waals surface area contributed by atoms with E-state index in [4.69, 9.17) is 16.3 Å². The highest BCUT2D eigenvalue weighted by Crippen LogP contribution is 2.20. The molecule has 0 aliphatic rings. The van der Waals surface area contributed by atoms with Gasteiger partial charge in [-0.05, 0) is 60.7 Å². The summed E-state index contributed by atoms with van der Waals surface area (Å²) in [6.07, 6.45) is 0. The number of hydrogen-bond donors (Lipinski definition) is 1. The van der Waals surface area contributed by atoms with Gasteiger partial charge in [0, 0.05) is 29.9 Å². The number of para-hydroxylation sites is 1. The van der Waals surface area contributed by atoms with Gasteiger partial charge in [-0.3, -0.25) is 9.52 Å². The van der Waals surface area contributed by atoms with Crippen molar-refractivity contribution in [3.8, 4) is 0 Å². The number of sulfonamides is 1. The van der Waals surface area contributed by atoms with Crippen molar-refractivity contribution in [1.29, 1.82) is 0 Å². The predicted molar refractivity (Wildman–Crippen MR) is 130 cm³/mol. The molecule has 0 unspecified atom stereocenters. The quantitative estimate of drug-likeness (QED) is 0.402. The summed E-state index contributed by atoms with van der Waals surface area (Å²) in [5.41, 5.74) is 1.66. The molecule has 1 heterocycles. The molecule has 0 radical (unpaired) electrons. The van der Waals surface area contributed by atoms with Crippen LogP contribution in [-0.4, -0.2) is 32.6 Å². The molecule has 0 aliphatic carbocycles. The molecule has 170 valence electrons. The van der Waals surface area contributed by atoms with Crippen molar-refractivity contribution < 1.29 is 17.9 Å². The summed E-state index contributed by atoms with van der Waals surface area (Å²) in [5.74, 6) is -0.417. The lowest BCUT2D eigenvalue weighted by atomic mass is 10.2. The summed E-state index contributed by atoms with van der Waals surface area (Å²) in [7, 11) is -2.15. The third-order valence-corrected chi connectivity index (χ3v) is 7.52. The maximum absolute atomic E-state index is 12.8. The average molecular weight is 502 g/mol. The summed E-state index contributed by atoms with van der Waals surface area (Å²) in [6.45, 7) is 1.06. The zero-order valence-corrected chi connectivity index (χ0v) is 20.0. The third kappa shape index (κ3) is 5.33. The van der Waals surface area contributed by atoms with E-state index in [1.54, 1.807) is 19.2 Å². The molecule has 0 aliphatic heterocycles. The number of aromatic nitrogens is 1. The van der Waals surface area contributed by atoms with Crippen molar-refractivity contribution in [2.45, 2.75) is 11.4 Å². The standard InChI is InChI=1S/C23H20ClN3O4S2/c1-31-15-14-27-20-4-2-3-5-21(20)32-23(27)25-22(28)16-6-10-18(11-7-16)26-33(29,30)19-12-8-17(24)9-13-19/h2-13,26H,14-15H2,1H3. The van der Waals surface area contributed by atoms with E-state index in [-0.39, 0.29) is 4.90 Å². The Morgan fingerprint density at radius 3 is 2.45 bits per heavy atom. The molecule has 0 saturated heterocycles.